The molecule has 1 fully saturated rings. The van der Waals surface area contributed by atoms with Crippen molar-refractivity contribution >= 4 is 64.3 Å². The molecule has 3 heterocycles. The minimum absolute atomic E-state index is 0.00934. The van der Waals surface area contributed by atoms with Crippen LogP contribution < -0.4 is 26.6 Å². The number of benzene rings is 4. The summed E-state index contributed by atoms with van der Waals surface area (Å²) in [5, 5.41) is 13.0. The number of anilines is 2. The number of amides is 7. The molecule has 3 aliphatic rings. The molecule has 59 heavy (non-hydrogen) atoms. The third-order valence-corrected chi connectivity index (χ3v) is 10.3. The van der Waals surface area contributed by atoms with E-state index in [2.05, 4.69) is 26.6 Å². The average molecular weight is 837 g/mol. The zero-order valence-corrected chi connectivity index (χ0v) is 31.1. The molecule has 5 N–H and O–H groups in total. The van der Waals surface area contributed by atoms with Crippen molar-refractivity contribution in [2.24, 2.45) is 0 Å². The van der Waals surface area contributed by atoms with Gasteiger partial charge < -0.3 is 21.3 Å². The molecule has 1 unspecified atom stereocenters. The first-order valence-electron chi connectivity index (χ1n) is 18.0. The molecule has 0 radical (unpaired) electrons. The van der Waals surface area contributed by atoms with Crippen molar-refractivity contribution in [1.82, 2.24) is 20.9 Å². The number of carbonyl (C=O) groups excluding carboxylic acids is 7. The van der Waals surface area contributed by atoms with Gasteiger partial charge in [-0.1, -0.05) is 11.6 Å². The molecule has 13 nitrogen and oxygen atoms in total. The van der Waals surface area contributed by atoms with Crippen LogP contribution in [0.15, 0.2) is 66.7 Å². The summed E-state index contributed by atoms with van der Waals surface area (Å²) < 4.78 is 68.9. The number of piperidine rings is 1. The number of hydrogen-bond acceptors (Lipinski definition) is 8. The zero-order chi connectivity index (χ0) is 42.3. The summed E-state index contributed by atoms with van der Waals surface area (Å²) in [6.45, 7) is 0.484. The van der Waals surface area contributed by atoms with Crippen LogP contribution in [-0.2, 0) is 15.8 Å². The van der Waals surface area contributed by atoms with Crippen LogP contribution in [0.5, 0.6) is 0 Å². The number of fused-ring (bicyclic) bond motifs is 2. The van der Waals surface area contributed by atoms with Gasteiger partial charge in [0.05, 0.1) is 22.7 Å². The Balaban J connectivity index is 1.03. The van der Waals surface area contributed by atoms with Crippen LogP contribution in [0.3, 0.4) is 0 Å². The van der Waals surface area contributed by atoms with Gasteiger partial charge in [0, 0.05) is 63.7 Å². The molecule has 0 bridgehead atoms. The second-order valence-electron chi connectivity index (χ2n) is 13.8. The number of nitrogens with zero attached hydrogens (tertiary/aromatic N) is 1. The van der Waals surface area contributed by atoms with Gasteiger partial charge in [-0.3, -0.25) is 43.8 Å². The minimum atomic E-state index is -4.98. The number of nitrogens with one attached hydrogen (secondary N) is 5. The fourth-order valence-corrected chi connectivity index (χ4v) is 7.31. The Labute approximate surface area is 335 Å². The average Bonchev–Trinajstić information content (AvgIpc) is 3.64. The molecule has 0 spiro atoms. The molecule has 0 aromatic heterocycles. The van der Waals surface area contributed by atoms with Crippen molar-refractivity contribution in [1.29, 1.82) is 0 Å². The quantitative estimate of drug-likeness (QED) is 0.0720. The van der Waals surface area contributed by atoms with Crippen molar-refractivity contribution in [3.8, 4) is 0 Å². The Hall–Kier alpha value is -6.69. The number of imide groups is 2. The molecule has 3 aliphatic heterocycles. The molecule has 7 rings (SSSR count). The highest BCUT2D eigenvalue weighted by Gasteiger charge is 2.45. The number of alkyl halides is 3. The maximum absolute atomic E-state index is 14.3. The van der Waals surface area contributed by atoms with Gasteiger partial charge in [-0.15, -0.1) is 0 Å². The van der Waals surface area contributed by atoms with Crippen molar-refractivity contribution in [2.45, 2.75) is 43.9 Å². The van der Waals surface area contributed by atoms with Crippen LogP contribution >= 0.6 is 11.6 Å². The zero-order valence-electron chi connectivity index (χ0n) is 30.3. The standard InChI is InChI=1S/C40H30ClF5N6O7/c41-28-6-3-21(42)16-26(28)33-32-27(36(56)51-33)13-19(14-29(32)49-35(55)18-11-20(40(44,45)46)15-22(43)12-18)34(54)48-10-2-1-9-47-23-4-5-24-25(17-23)39(59)52(38(24)58)30-7-8-31(53)50-37(30)57/h3-6,11-17,30,33,47H,1-2,7-10H2,(H,48,54)(H,49,55)(H,51,56)(H,50,53,57)/t30?,33-/m1/s1. The van der Waals surface area contributed by atoms with Gasteiger partial charge in [0.15, 0.2) is 0 Å². The van der Waals surface area contributed by atoms with Crippen LogP contribution in [-0.4, -0.2) is 65.4 Å². The fraction of sp³-hybridized carbons (Fsp3) is 0.225. The summed E-state index contributed by atoms with van der Waals surface area (Å²) in [6, 6.07) is 9.31. The highest BCUT2D eigenvalue weighted by atomic mass is 35.5. The summed E-state index contributed by atoms with van der Waals surface area (Å²) in [5.41, 5.74) is -1.73. The molecule has 0 aliphatic carbocycles. The Morgan fingerprint density at radius 1 is 0.797 bits per heavy atom. The van der Waals surface area contributed by atoms with Gasteiger partial charge in [-0.25, -0.2) is 8.78 Å². The highest BCUT2D eigenvalue weighted by Crippen LogP contribution is 2.41. The maximum atomic E-state index is 14.3. The van der Waals surface area contributed by atoms with Gasteiger partial charge in [-0.05, 0) is 86.0 Å². The van der Waals surface area contributed by atoms with Crippen LogP contribution in [0, 0.1) is 11.6 Å². The normalized spacial score (nSPS) is 17.3. The van der Waals surface area contributed by atoms with Crippen molar-refractivity contribution in [3.63, 3.8) is 0 Å². The number of carbonyl (C=O) groups is 7. The van der Waals surface area contributed by atoms with Crippen molar-refractivity contribution < 1.29 is 55.5 Å². The van der Waals surface area contributed by atoms with E-state index in [0.29, 0.717) is 37.2 Å². The van der Waals surface area contributed by atoms with Crippen LogP contribution in [0.25, 0.3) is 0 Å². The fourth-order valence-electron chi connectivity index (χ4n) is 7.08. The molecule has 1 saturated heterocycles. The van der Waals surface area contributed by atoms with Gasteiger partial charge >= 0.3 is 6.18 Å². The smallest absolute Gasteiger partial charge is 0.385 e. The van der Waals surface area contributed by atoms with Crippen molar-refractivity contribution in [3.05, 3.63) is 128 Å². The minimum Gasteiger partial charge on any atom is -0.385 e. The molecule has 0 saturated carbocycles. The van der Waals surface area contributed by atoms with E-state index in [1.807, 2.05) is 0 Å². The topological polar surface area (TPSA) is 183 Å². The molecule has 19 heteroatoms. The second-order valence-corrected chi connectivity index (χ2v) is 14.2. The second kappa shape index (κ2) is 15.9. The van der Waals surface area contributed by atoms with E-state index in [-0.39, 0.29) is 69.5 Å². The Kier molecular flexibility index (Phi) is 10.9. The molecule has 304 valence electrons. The summed E-state index contributed by atoms with van der Waals surface area (Å²) >= 11 is 6.33. The first kappa shape index (κ1) is 40.5. The highest BCUT2D eigenvalue weighted by molar-refractivity contribution is 6.31. The number of rotatable bonds is 11. The summed E-state index contributed by atoms with van der Waals surface area (Å²) in [7, 11) is 0. The first-order valence-corrected chi connectivity index (χ1v) is 18.4. The van der Waals surface area contributed by atoms with Gasteiger partial charge in [-0.2, -0.15) is 13.2 Å². The predicted octanol–water partition coefficient (Wildman–Crippen LogP) is 5.75. The summed E-state index contributed by atoms with van der Waals surface area (Å²) in [4.78, 5) is 90.8. The third kappa shape index (κ3) is 8.20. The van der Waals surface area contributed by atoms with Crippen LogP contribution in [0.2, 0.25) is 5.02 Å². The van der Waals surface area contributed by atoms with E-state index in [1.165, 1.54) is 30.3 Å². The van der Waals surface area contributed by atoms with Crippen LogP contribution in [0.1, 0.15) is 100 Å². The van der Waals surface area contributed by atoms with E-state index in [4.69, 9.17) is 11.6 Å². The summed E-state index contributed by atoms with van der Waals surface area (Å²) in [6.07, 6.45) is -4.06. The van der Waals surface area contributed by atoms with E-state index in [9.17, 15) is 55.5 Å². The SMILES string of the molecule is O=C1CCC(N2C(=O)c3ccc(NCCCCNC(=O)c4cc(NC(=O)c5cc(F)cc(C(F)(F)F)c5)c5c(c4)C(=O)N[C@@H]5c4cc(F)ccc4Cl)cc3C2=O)C(=O)N1. The first-order chi connectivity index (χ1) is 28.0. The van der Waals surface area contributed by atoms with Gasteiger partial charge in [0.25, 0.3) is 29.5 Å². The summed E-state index contributed by atoms with van der Waals surface area (Å²) in [5.74, 6) is -7.16. The van der Waals surface area contributed by atoms with Crippen molar-refractivity contribution in [2.75, 3.05) is 23.7 Å². The Bertz CT molecular complexity index is 2500. The molecular weight excluding hydrogens is 807 g/mol. The Morgan fingerprint density at radius 2 is 1.53 bits per heavy atom. The number of halogens is 6. The van der Waals surface area contributed by atoms with Crippen LogP contribution in [0.4, 0.5) is 33.3 Å². The Morgan fingerprint density at radius 3 is 2.27 bits per heavy atom. The lowest BCUT2D eigenvalue weighted by atomic mass is 9.94. The number of hydrogen-bond donors (Lipinski definition) is 5. The van der Waals surface area contributed by atoms with Gasteiger partial charge in [0.2, 0.25) is 11.8 Å². The lowest BCUT2D eigenvalue weighted by molar-refractivity contribution is -0.138. The monoisotopic (exact) mass is 836 g/mol. The van der Waals surface area contributed by atoms with E-state index in [1.54, 1.807) is 6.07 Å². The molecule has 2 atom stereocenters. The lowest BCUT2D eigenvalue weighted by Gasteiger charge is -2.27. The number of unbranched alkanes of at least 4 members (excludes halogenated alkanes) is 1. The van der Waals surface area contributed by atoms with E-state index < -0.39 is 82.4 Å². The molecule has 7 amide bonds. The lowest BCUT2D eigenvalue weighted by Crippen LogP contribution is -2.54. The predicted molar refractivity (Wildman–Crippen MR) is 200 cm³/mol. The molecule has 4 aromatic rings. The maximum Gasteiger partial charge on any atom is 0.416 e. The largest absolute Gasteiger partial charge is 0.416 e. The third-order valence-electron chi connectivity index (χ3n) is 9.91. The van der Waals surface area contributed by atoms with E-state index in [0.717, 1.165) is 17.0 Å². The molecule has 4 aromatic carbocycles. The van der Waals surface area contributed by atoms with Gasteiger partial charge in [0.1, 0.15) is 17.7 Å². The molecular formula is C40H30ClF5N6O7. The van der Waals surface area contributed by atoms with E-state index >= 15 is 0 Å².